The van der Waals surface area contributed by atoms with Crippen LogP contribution in [0.1, 0.15) is 38.2 Å². The third kappa shape index (κ3) is 3.02. The van der Waals surface area contributed by atoms with Crippen molar-refractivity contribution >= 4 is 10.0 Å². The van der Waals surface area contributed by atoms with Crippen molar-refractivity contribution in [3.8, 4) is 0 Å². The number of hydrogen-bond donors (Lipinski definition) is 1. The SMILES string of the molecule is CC1CCCCC1N(C)S(=O)(=O)c1ccc(CN)cn1. The zero-order valence-corrected chi connectivity index (χ0v) is 12.9. The molecule has 1 aromatic rings. The van der Waals surface area contributed by atoms with Crippen LogP contribution in [0.25, 0.3) is 0 Å². The van der Waals surface area contributed by atoms with E-state index in [0.29, 0.717) is 12.5 Å². The van der Waals surface area contributed by atoms with Crippen molar-refractivity contribution < 1.29 is 8.42 Å². The van der Waals surface area contributed by atoms with Crippen molar-refractivity contribution in [2.45, 2.75) is 50.2 Å². The molecule has 0 radical (unpaired) electrons. The molecule has 1 heterocycles. The number of nitrogens with two attached hydrogens (primary N) is 1. The molecule has 0 bridgehead atoms. The number of rotatable bonds is 4. The van der Waals surface area contributed by atoms with Crippen molar-refractivity contribution in [2.24, 2.45) is 11.7 Å². The third-order valence-electron chi connectivity index (χ3n) is 4.21. The molecule has 5 nitrogen and oxygen atoms in total. The van der Waals surface area contributed by atoms with Gasteiger partial charge in [0.15, 0.2) is 5.03 Å². The van der Waals surface area contributed by atoms with E-state index in [-0.39, 0.29) is 11.1 Å². The molecule has 1 aliphatic carbocycles. The summed E-state index contributed by atoms with van der Waals surface area (Å²) < 4.78 is 26.7. The van der Waals surface area contributed by atoms with E-state index in [4.69, 9.17) is 5.73 Å². The topological polar surface area (TPSA) is 76.3 Å². The zero-order chi connectivity index (χ0) is 14.8. The molecule has 1 saturated carbocycles. The Bertz CT molecular complexity index is 542. The Balaban J connectivity index is 2.23. The molecule has 1 aliphatic rings. The second-order valence-electron chi connectivity index (χ2n) is 5.56. The minimum absolute atomic E-state index is 0.0738. The summed E-state index contributed by atoms with van der Waals surface area (Å²) in [6.07, 6.45) is 5.83. The lowest BCUT2D eigenvalue weighted by Gasteiger charge is -2.35. The maximum atomic E-state index is 12.6. The molecule has 0 amide bonds. The molecule has 2 rings (SSSR count). The van der Waals surface area contributed by atoms with Crippen molar-refractivity contribution in [1.82, 2.24) is 9.29 Å². The number of sulfonamides is 1. The fourth-order valence-electron chi connectivity index (χ4n) is 2.85. The Morgan fingerprint density at radius 2 is 2.05 bits per heavy atom. The Morgan fingerprint density at radius 1 is 1.35 bits per heavy atom. The van der Waals surface area contributed by atoms with Crippen molar-refractivity contribution in [3.63, 3.8) is 0 Å². The van der Waals surface area contributed by atoms with Gasteiger partial charge in [0.2, 0.25) is 0 Å². The lowest BCUT2D eigenvalue weighted by Crippen LogP contribution is -2.42. The van der Waals surface area contributed by atoms with Gasteiger partial charge in [-0.15, -0.1) is 0 Å². The summed E-state index contributed by atoms with van der Waals surface area (Å²) in [7, 11) is -1.85. The van der Waals surface area contributed by atoms with Gasteiger partial charge >= 0.3 is 0 Å². The summed E-state index contributed by atoms with van der Waals surface area (Å²) in [4.78, 5) is 4.05. The largest absolute Gasteiger partial charge is 0.326 e. The van der Waals surface area contributed by atoms with Gasteiger partial charge in [-0.2, -0.15) is 4.31 Å². The molecule has 0 saturated heterocycles. The van der Waals surface area contributed by atoms with Gasteiger partial charge in [0.1, 0.15) is 0 Å². The maximum absolute atomic E-state index is 12.6. The molecule has 0 aliphatic heterocycles. The number of aromatic nitrogens is 1. The van der Waals surface area contributed by atoms with Crippen LogP contribution in [0.3, 0.4) is 0 Å². The summed E-state index contributed by atoms with van der Waals surface area (Å²) in [6.45, 7) is 2.49. The predicted octanol–water partition coefficient (Wildman–Crippen LogP) is 1.74. The second-order valence-corrected chi connectivity index (χ2v) is 7.50. The molecule has 1 aromatic heterocycles. The minimum Gasteiger partial charge on any atom is -0.326 e. The summed E-state index contributed by atoms with van der Waals surface area (Å²) in [6, 6.07) is 3.34. The van der Waals surface area contributed by atoms with E-state index < -0.39 is 10.0 Å². The standard InChI is InChI=1S/C14H23N3O2S/c1-11-5-3-4-6-13(11)17(2)20(18,19)14-8-7-12(9-15)10-16-14/h7-8,10-11,13H,3-6,9,15H2,1-2H3. The molecule has 112 valence electrons. The molecular formula is C14H23N3O2S. The first-order chi connectivity index (χ1) is 9.46. The van der Waals surface area contributed by atoms with Gasteiger partial charge in [0.25, 0.3) is 10.0 Å². The van der Waals surface area contributed by atoms with Crippen LogP contribution in [0, 0.1) is 5.92 Å². The maximum Gasteiger partial charge on any atom is 0.260 e. The highest BCUT2D eigenvalue weighted by Crippen LogP contribution is 2.30. The minimum atomic E-state index is -3.52. The van der Waals surface area contributed by atoms with E-state index in [1.807, 2.05) is 0 Å². The fourth-order valence-corrected chi connectivity index (χ4v) is 4.24. The Hall–Kier alpha value is -0.980. The van der Waals surface area contributed by atoms with Gasteiger partial charge in [-0.1, -0.05) is 25.8 Å². The second kappa shape index (κ2) is 6.20. The van der Waals surface area contributed by atoms with Gasteiger partial charge in [-0.3, -0.25) is 0 Å². The first kappa shape index (κ1) is 15.4. The highest BCUT2D eigenvalue weighted by molar-refractivity contribution is 7.89. The van der Waals surface area contributed by atoms with E-state index in [1.165, 1.54) is 16.9 Å². The molecule has 2 N–H and O–H groups in total. The quantitative estimate of drug-likeness (QED) is 0.918. The molecule has 2 atom stereocenters. The van der Waals surface area contributed by atoms with Crippen LogP contribution in [0.15, 0.2) is 23.4 Å². The van der Waals surface area contributed by atoms with Crippen LogP contribution in [0.2, 0.25) is 0 Å². The Morgan fingerprint density at radius 3 is 2.60 bits per heavy atom. The average molecular weight is 297 g/mol. The fraction of sp³-hybridized carbons (Fsp3) is 0.643. The van der Waals surface area contributed by atoms with Crippen molar-refractivity contribution in [3.05, 3.63) is 23.9 Å². The summed E-state index contributed by atoms with van der Waals surface area (Å²) in [5.74, 6) is 0.395. The monoisotopic (exact) mass is 297 g/mol. The molecular weight excluding hydrogens is 274 g/mol. The van der Waals surface area contributed by atoms with Crippen LogP contribution < -0.4 is 5.73 Å². The number of hydrogen-bond acceptors (Lipinski definition) is 4. The molecule has 20 heavy (non-hydrogen) atoms. The van der Waals surface area contributed by atoms with E-state index in [9.17, 15) is 8.42 Å². The van der Waals surface area contributed by atoms with Crippen LogP contribution in [0.4, 0.5) is 0 Å². The van der Waals surface area contributed by atoms with E-state index in [0.717, 1.165) is 24.8 Å². The smallest absolute Gasteiger partial charge is 0.260 e. The van der Waals surface area contributed by atoms with Crippen LogP contribution >= 0.6 is 0 Å². The summed E-state index contributed by atoms with van der Waals surface area (Å²) in [5.41, 5.74) is 6.34. The predicted molar refractivity (Wildman–Crippen MR) is 78.5 cm³/mol. The summed E-state index contributed by atoms with van der Waals surface area (Å²) in [5, 5.41) is 0.106. The van der Waals surface area contributed by atoms with Gasteiger partial charge in [0, 0.05) is 25.8 Å². The van der Waals surface area contributed by atoms with E-state index in [1.54, 1.807) is 19.2 Å². The highest BCUT2D eigenvalue weighted by atomic mass is 32.2. The zero-order valence-electron chi connectivity index (χ0n) is 12.1. The molecule has 2 unspecified atom stereocenters. The lowest BCUT2D eigenvalue weighted by molar-refractivity contribution is 0.213. The van der Waals surface area contributed by atoms with Gasteiger partial charge in [0.05, 0.1) is 0 Å². The van der Waals surface area contributed by atoms with Crippen molar-refractivity contribution in [2.75, 3.05) is 7.05 Å². The molecule has 0 aromatic carbocycles. The first-order valence-corrected chi connectivity index (χ1v) is 8.54. The van der Waals surface area contributed by atoms with E-state index >= 15 is 0 Å². The first-order valence-electron chi connectivity index (χ1n) is 7.10. The van der Waals surface area contributed by atoms with Crippen LogP contribution in [-0.2, 0) is 16.6 Å². The average Bonchev–Trinajstić information content (AvgIpc) is 2.47. The van der Waals surface area contributed by atoms with Crippen molar-refractivity contribution in [1.29, 1.82) is 0 Å². The Labute approximate surface area is 121 Å². The number of pyridine rings is 1. The van der Waals surface area contributed by atoms with Crippen LogP contribution in [0.5, 0.6) is 0 Å². The van der Waals surface area contributed by atoms with E-state index in [2.05, 4.69) is 11.9 Å². The Kier molecular flexibility index (Phi) is 4.78. The van der Waals surface area contributed by atoms with Crippen LogP contribution in [-0.4, -0.2) is 30.8 Å². The lowest BCUT2D eigenvalue weighted by atomic mass is 9.86. The molecule has 6 heteroatoms. The normalized spacial score (nSPS) is 24.0. The van der Waals surface area contributed by atoms with Gasteiger partial charge in [-0.05, 0) is 30.4 Å². The highest BCUT2D eigenvalue weighted by Gasteiger charge is 2.33. The summed E-state index contributed by atoms with van der Waals surface area (Å²) >= 11 is 0. The molecule has 1 fully saturated rings. The third-order valence-corrected chi connectivity index (χ3v) is 6.01. The van der Waals surface area contributed by atoms with Gasteiger partial charge < -0.3 is 5.73 Å². The van der Waals surface area contributed by atoms with Gasteiger partial charge in [-0.25, -0.2) is 13.4 Å². The number of nitrogens with zero attached hydrogens (tertiary/aromatic N) is 2. The molecule has 0 spiro atoms.